The van der Waals surface area contributed by atoms with E-state index in [9.17, 15) is 9.59 Å². The van der Waals surface area contributed by atoms with E-state index in [0.29, 0.717) is 0 Å². The number of ether oxygens (including phenoxy) is 1. The predicted molar refractivity (Wildman–Crippen MR) is 83.4 cm³/mol. The minimum absolute atomic E-state index is 0.0297. The van der Waals surface area contributed by atoms with E-state index < -0.39 is 5.91 Å². The standard InChI is InChI=1S/C16H23N3O3/c1-18(10-15(17)20)11-16(21)19-9-3-4-14(19)12-5-7-13(22-2)8-6-12/h5-8,14H,3-4,9-11H2,1-2H3,(H2,17,20). The van der Waals surface area contributed by atoms with E-state index in [2.05, 4.69) is 0 Å². The lowest BCUT2D eigenvalue weighted by atomic mass is 10.0. The van der Waals surface area contributed by atoms with Gasteiger partial charge in [-0.15, -0.1) is 0 Å². The first-order chi connectivity index (χ1) is 10.5. The third-order valence-corrected chi connectivity index (χ3v) is 3.90. The fourth-order valence-electron chi connectivity index (χ4n) is 2.88. The van der Waals surface area contributed by atoms with Crippen molar-refractivity contribution in [2.75, 3.05) is 33.8 Å². The molecule has 6 nitrogen and oxygen atoms in total. The Morgan fingerprint density at radius 1 is 1.32 bits per heavy atom. The summed E-state index contributed by atoms with van der Waals surface area (Å²) >= 11 is 0. The molecule has 2 amide bonds. The van der Waals surface area contributed by atoms with Crippen LogP contribution < -0.4 is 10.5 Å². The fourth-order valence-corrected chi connectivity index (χ4v) is 2.88. The van der Waals surface area contributed by atoms with Crippen molar-refractivity contribution in [3.8, 4) is 5.75 Å². The van der Waals surface area contributed by atoms with Crippen molar-refractivity contribution in [1.82, 2.24) is 9.80 Å². The summed E-state index contributed by atoms with van der Waals surface area (Å²) in [6.07, 6.45) is 1.94. The van der Waals surface area contributed by atoms with E-state index in [1.54, 1.807) is 19.1 Å². The van der Waals surface area contributed by atoms with Crippen molar-refractivity contribution in [1.29, 1.82) is 0 Å². The second kappa shape index (κ2) is 7.26. The van der Waals surface area contributed by atoms with Crippen LogP contribution in [0.15, 0.2) is 24.3 Å². The van der Waals surface area contributed by atoms with Gasteiger partial charge in [0, 0.05) is 6.54 Å². The highest BCUT2D eigenvalue weighted by Gasteiger charge is 2.30. The molecule has 1 aromatic carbocycles. The number of likely N-dealkylation sites (N-methyl/N-ethyl adjacent to an activating group) is 1. The Hall–Kier alpha value is -2.08. The first kappa shape index (κ1) is 16.3. The Balaban J connectivity index is 2.02. The molecule has 0 saturated carbocycles. The molecule has 0 radical (unpaired) electrons. The van der Waals surface area contributed by atoms with Gasteiger partial charge in [0.05, 0.1) is 26.2 Å². The minimum Gasteiger partial charge on any atom is -0.497 e. The highest BCUT2D eigenvalue weighted by atomic mass is 16.5. The number of primary amides is 1. The highest BCUT2D eigenvalue weighted by molar-refractivity contribution is 5.81. The molecule has 6 heteroatoms. The summed E-state index contributed by atoms with van der Waals surface area (Å²) in [7, 11) is 3.36. The topological polar surface area (TPSA) is 75.9 Å². The Labute approximate surface area is 130 Å². The zero-order valence-corrected chi connectivity index (χ0v) is 13.1. The molecule has 22 heavy (non-hydrogen) atoms. The first-order valence-corrected chi connectivity index (χ1v) is 7.41. The van der Waals surface area contributed by atoms with Gasteiger partial charge in [-0.3, -0.25) is 14.5 Å². The minimum atomic E-state index is -0.427. The number of likely N-dealkylation sites (tertiary alicyclic amines) is 1. The zero-order chi connectivity index (χ0) is 16.1. The van der Waals surface area contributed by atoms with Gasteiger partial charge in [-0.2, -0.15) is 0 Å². The number of nitrogens with zero attached hydrogens (tertiary/aromatic N) is 2. The Morgan fingerprint density at radius 2 is 2.00 bits per heavy atom. The zero-order valence-electron chi connectivity index (χ0n) is 13.1. The van der Waals surface area contributed by atoms with Crippen LogP contribution in [0.4, 0.5) is 0 Å². The molecule has 0 spiro atoms. The van der Waals surface area contributed by atoms with Gasteiger partial charge in [0.2, 0.25) is 11.8 Å². The first-order valence-electron chi connectivity index (χ1n) is 7.41. The van der Waals surface area contributed by atoms with Crippen LogP contribution in [-0.4, -0.2) is 55.4 Å². The van der Waals surface area contributed by atoms with Crippen molar-refractivity contribution in [2.45, 2.75) is 18.9 Å². The maximum absolute atomic E-state index is 12.5. The van der Waals surface area contributed by atoms with Crippen LogP contribution in [0.5, 0.6) is 5.75 Å². The van der Waals surface area contributed by atoms with Crippen LogP contribution in [0.3, 0.4) is 0 Å². The molecule has 1 aromatic rings. The number of hydrogen-bond donors (Lipinski definition) is 1. The van der Waals surface area contributed by atoms with Gasteiger partial charge in [0.15, 0.2) is 0 Å². The lowest BCUT2D eigenvalue weighted by molar-refractivity contribution is -0.133. The Kier molecular flexibility index (Phi) is 5.38. The average molecular weight is 305 g/mol. The lowest BCUT2D eigenvalue weighted by Crippen LogP contribution is -2.41. The summed E-state index contributed by atoms with van der Waals surface area (Å²) in [6, 6.07) is 7.93. The monoisotopic (exact) mass is 305 g/mol. The molecule has 120 valence electrons. The summed E-state index contributed by atoms with van der Waals surface area (Å²) in [5.41, 5.74) is 6.27. The van der Waals surface area contributed by atoms with Crippen LogP contribution >= 0.6 is 0 Å². The van der Waals surface area contributed by atoms with Crippen LogP contribution in [0.2, 0.25) is 0 Å². The van der Waals surface area contributed by atoms with Gasteiger partial charge in [0.25, 0.3) is 0 Å². The lowest BCUT2D eigenvalue weighted by Gasteiger charge is -2.27. The number of benzene rings is 1. The molecule has 0 aromatic heterocycles. The Bertz CT molecular complexity index is 530. The van der Waals surface area contributed by atoms with Crippen molar-refractivity contribution in [3.63, 3.8) is 0 Å². The van der Waals surface area contributed by atoms with Gasteiger partial charge < -0.3 is 15.4 Å². The normalized spacial score (nSPS) is 17.8. The number of rotatable bonds is 6. The number of carbonyl (C=O) groups is 2. The van der Waals surface area contributed by atoms with E-state index >= 15 is 0 Å². The van der Waals surface area contributed by atoms with E-state index in [4.69, 9.17) is 10.5 Å². The third-order valence-electron chi connectivity index (χ3n) is 3.90. The number of hydrogen-bond acceptors (Lipinski definition) is 4. The fraction of sp³-hybridized carbons (Fsp3) is 0.500. The number of amides is 2. The third kappa shape index (κ3) is 3.98. The van der Waals surface area contributed by atoms with E-state index in [1.165, 1.54) is 0 Å². The molecule has 0 aliphatic carbocycles. The summed E-state index contributed by atoms with van der Waals surface area (Å²) < 4.78 is 5.16. The van der Waals surface area contributed by atoms with Crippen molar-refractivity contribution >= 4 is 11.8 Å². The van der Waals surface area contributed by atoms with Crippen LogP contribution in [0.25, 0.3) is 0 Å². The average Bonchev–Trinajstić information content (AvgIpc) is 2.96. The van der Waals surface area contributed by atoms with Crippen molar-refractivity contribution in [3.05, 3.63) is 29.8 Å². The molecule has 1 saturated heterocycles. The van der Waals surface area contributed by atoms with Crippen LogP contribution in [-0.2, 0) is 9.59 Å². The van der Waals surface area contributed by atoms with Gasteiger partial charge in [-0.05, 0) is 37.6 Å². The SMILES string of the molecule is COc1ccc(C2CCCN2C(=O)CN(C)CC(N)=O)cc1. The van der Waals surface area contributed by atoms with Gasteiger partial charge in [-0.1, -0.05) is 12.1 Å². The molecule has 1 aliphatic heterocycles. The van der Waals surface area contributed by atoms with Crippen molar-refractivity contribution < 1.29 is 14.3 Å². The molecule has 1 aliphatic rings. The second-order valence-corrected chi connectivity index (χ2v) is 5.66. The molecule has 1 atom stereocenters. The van der Waals surface area contributed by atoms with E-state index in [0.717, 1.165) is 30.7 Å². The highest BCUT2D eigenvalue weighted by Crippen LogP contribution is 2.32. The van der Waals surface area contributed by atoms with Crippen LogP contribution in [0, 0.1) is 0 Å². The molecular weight excluding hydrogens is 282 g/mol. The van der Waals surface area contributed by atoms with Crippen LogP contribution in [0.1, 0.15) is 24.4 Å². The van der Waals surface area contributed by atoms with E-state index in [-0.39, 0.29) is 25.0 Å². The van der Waals surface area contributed by atoms with Gasteiger partial charge >= 0.3 is 0 Å². The second-order valence-electron chi connectivity index (χ2n) is 5.66. The van der Waals surface area contributed by atoms with Crippen molar-refractivity contribution in [2.24, 2.45) is 5.73 Å². The molecular formula is C16H23N3O3. The quantitative estimate of drug-likeness (QED) is 0.842. The summed E-state index contributed by atoms with van der Waals surface area (Å²) in [6.45, 7) is 1.04. The predicted octanol–water partition coefficient (Wildman–Crippen LogP) is 0.776. The summed E-state index contributed by atoms with van der Waals surface area (Å²) in [5.74, 6) is 0.409. The largest absolute Gasteiger partial charge is 0.497 e. The molecule has 0 bridgehead atoms. The number of carbonyl (C=O) groups excluding carboxylic acids is 2. The maximum atomic E-state index is 12.5. The summed E-state index contributed by atoms with van der Waals surface area (Å²) in [5, 5.41) is 0. The smallest absolute Gasteiger partial charge is 0.237 e. The van der Waals surface area contributed by atoms with E-state index in [1.807, 2.05) is 29.2 Å². The molecule has 2 rings (SSSR count). The molecule has 1 heterocycles. The van der Waals surface area contributed by atoms with Gasteiger partial charge in [-0.25, -0.2) is 0 Å². The summed E-state index contributed by atoms with van der Waals surface area (Å²) in [4.78, 5) is 26.9. The number of nitrogens with two attached hydrogens (primary N) is 1. The van der Waals surface area contributed by atoms with Gasteiger partial charge in [0.1, 0.15) is 5.75 Å². The molecule has 2 N–H and O–H groups in total. The molecule has 1 fully saturated rings. The maximum Gasteiger partial charge on any atom is 0.237 e. The molecule has 1 unspecified atom stereocenters. The Morgan fingerprint density at radius 3 is 2.59 bits per heavy atom. The number of methoxy groups -OCH3 is 1.